The number of carbonyl (C=O) groups excluding carboxylic acids is 1. The van der Waals surface area contributed by atoms with Gasteiger partial charge in [-0.25, -0.2) is 19.6 Å². The van der Waals surface area contributed by atoms with Crippen LogP contribution in [0.1, 0.15) is 18.4 Å². The summed E-state index contributed by atoms with van der Waals surface area (Å²) in [5.41, 5.74) is 1.88. The molecule has 0 spiro atoms. The molecule has 0 aliphatic heterocycles. The van der Waals surface area contributed by atoms with Crippen molar-refractivity contribution in [1.29, 1.82) is 0 Å². The molecule has 0 radical (unpaired) electrons. The zero-order valence-corrected chi connectivity index (χ0v) is 13.7. The standard InChI is InChI=1S/C17H19N7O/c25-16(3-1-8-19-17-20-9-2-10-21-17)23-15-6-4-14(5-7-15)11-24-13-18-12-22-24/h2,4-7,9-10,12-13H,1,3,8,11H2,(H,23,25)(H,19,20,21). The lowest BCUT2D eigenvalue weighted by Gasteiger charge is -2.07. The Bertz CT molecular complexity index is 773. The molecule has 3 rings (SSSR count). The van der Waals surface area contributed by atoms with Crippen molar-refractivity contribution in [2.24, 2.45) is 0 Å². The first-order valence-electron chi connectivity index (χ1n) is 8.02. The van der Waals surface area contributed by atoms with Gasteiger partial charge in [-0.1, -0.05) is 12.1 Å². The minimum Gasteiger partial charge on any atom is -0.354 e. The Kier molecular flexibility index (Phi) is 5.65. The summed E-state index contributed by atoms with van der Waals surface area (Å²) in [5.74, 6) is 0.561. The van der Waals surface area contributed by atoms with E-state index in [2.05, 4.69) is 30.7 Å². The van der Waals surface area contributed by atoms with Gasteiger partial charge in [-0.15, -0.1) is 0 Å². The van der Waals surface area contributed by atoms with Crippen LogP contribution in [0.2, 0.25) is 0 Å². The molecule has 2 N–H and O–H groups in total. The molecule has 2 heterocycles. The summed E-state index contributed by atoms with van der Waals surface area (Å²) in [6, 6.07) is 9.47. The van der Waals surface area contributed by atoms with Gasteiger partial charge in [-0.3, -0.25) is 4.79 Å². The third kappa shape index (κ3) is 5.38. The molecule has 1 amide bonds. The predicted molar refractivity (Wildman–Crippen MR) is 94.0 cm³/mol. The van der Waals surface area contributed by atoms with Crippen LogP contribution in [0.25, 0.3) is 0 Å². The maximum atomic E-state index is 12.0. The monoisotopic (exact) mass is 337 g/mol. The molecule has 2 aromatic heterocycles. The van der Waals surface area contributed by atoms with Gasteiger partial charge in [0.05, 0.1) is 6.54 Å². The van der Waals surface area contributed by atoms with E-state index in [0.717, 1.165) is 11.3 Å². The molecule has 0 saturated carbocycles. The number of benzene rings is 1. The molecule has 8 nitrogen and oxygen atoms in total. The molecule has 1 aromatic carbocycles. The second-order valence-electron chi connectivity index (χ2n) is 5.44. The summed E-state index contributed by atoms with van der Waals surface area (Å²) in [5, 5.41) is 10.0. The van der Waals surface area contributed by atoms with E-state index < -0.39 is 0 Å². The maximum Gasteiger partial charge on any atom is 0.224 e. The SMILES string of the molecule is O=C(CCCNc1ncccn1)Nc1ccc(Cn2cncn2)cc1. The van der Waals surface area contributed by atoms with Crippen LogP contribution in [0, 0.1) is 0 Å². The van der Waals surface area contributed by atoms with Gasteiger partial charge in [0.25, 0.3) is 0 Å². The fraction of sp³-hybridized carbons (Fsp3) is 0.235. The van der Waals surface area contributed by atoms with E-state index in [1.807, 2.05) is 24.3 Å². The first kappa shape index (κ1) is 16.6. The van der Waals surface area contributed by atoms with Crippen molar-refractivity contribution in [3.8, 4) is 0 Å². The normalized spacial score (nSPS) is 10.4. The molecule has 0 saturated heterocycles. The Hall–Kier alpha value is -3.29. The summed E-state index contributed by atoms with van der Waals surface area (Å²) in [6.45, 7) is 1.30. The zero-order chi connectivity index (χ0) is 17.3. The Morgan fingerprint density at radius 3 is 2.64 bits per heavy atom. The first-order valence-corrected chi connectivity index (χ1v) is 8.02. The number of nitrogens with one attached hydrogen (secondary N) is 2. The number of hydrogen-bond donors (Lipinski definition) is 2. The Balaban J connectivity index is 1.38. The van der Waals surface area contributed by atoms with E-state index >= 15 is 0 Å². The van der Waals surface area contributed by atoms with Gasteiger partial charge in [0.15, 0.2) is 0 Å². The quantitative estimate of drug-likeness (QED) is 0.610. The highest BCUT2D eigenvalue weighted by Crippen LogP contribution is 2.11. The summed E-state index contributed by atoms with van der Waals surface area (Å²) >= 11 is 0. The second-order valence-corrected chi connectivity index (χ2v) is 5.44. The molecular formula is C17H19N7O. The van der Waals surface area contributed by atoms with E-state index in [-0.39, 0.29) is 5.91 Å². The number of hydrogen-bond acceptors (Lipinski definition) is 6. The molecule has 0 bridgehead atoms. The Morgan fingerprint density at radius 2 is 1.92 bits per heavy atom. The lowest BCUT2D eigenvalue weighted by Crippen LogP contribution is -2.14. The molecule has 3 aromatic rings. The van der Waals surface area contributed by atoms with E-state index in [9.17, 15) is 4.79 Å². The molecule has 0 aliphatic carbocycles. The molecule has 0 unspecified atom stereocenters. The van der Waals surface area contributed by atoms with Gasteiger partial charge in [-0.05, 0) is 30.2 Å². The molecule has 25 heavy (non-hydrogen) atoms. The van der Waals surface area contributed by atoms with E-state index in [1.165, 1.54) is 6.33 Å². The van der Waals surface area contributed by atoms with Gasteiger partial charge < -0.3 is 10.6 Å². The number of anilines is 2. The van der Waals surface area contributed by atoms with Crippen LogP contribution in [-0.4, -0.2) is 37.2 Å². The highest BCUT2D eigenvalue weighted by molar-refractivity contribution is 5.90. The van der Waals surface area contributed by atoms with E-state index in [0.29, 0.717) is 31.9 Å². The summed E-state index contributed by atoms with van der Waals surface area (Å²) < 4.78 is 1.75. The first-order chi connectivity index (χ1) is 12.3. The van der Waals surface area contributed by atoms with Crippen molar-refractivity contribution in [3.05, 3.63) is 60.9 Å². The van der Waals surface area contributed by atoms with Crippen LogP contribution in [0.3, 0.4) is 0 Å². The van der Waals surface area contributed by atoms with Gasteiger partial charge in [0, 0.05) is 31.0 Å². The summed E-state index contributed by atoms with van der Waals surface area (Å²) in [6.07, 6.45) is 7.66. The smallest absolute Gasteiger partial charge is 0.224 e. The van der Waals surface area contributed by atoms with Crippen molar-refractivity contribution in [1.82, 2.24) is 24.7 Å². The summed E-state index contributed by atoms with van der Waals surface area (Å²) in [7, 11) is 0. The number of carbonyl (C=O) groups is 1. The number of amides is 1. The van der Waals surface area contributed by atoms with E-state index in [4.69, 9.17) is 0 Å². The highest BCUT2D eigenvalue weighted by Gasteiger charge is 2.03. The Morgan fingerprint density at radius 1 is 1.12 bits per heavy atom. The Labute approximate surface area is 145 Å². The second kappa shape index (κ2) is 8.53. The molecule has 0 aliphatic rings. The predicted octanol–water partition coefficient (Wildman–Crippen LogP) is 1.95. The lowest BCUT2D eigenvalue weighted by atomic mass is 10.2. The van der Waals surface area contributed by atoms with Crippen LogP contribution in [0.4, 0.5) is 11.6 Å². The fourth-order valence-corrected chi connectivity index (χ4v) is 2.26. The average molecular weight is 337 g/mol. The molecule has 8 heteroatoms. The van der Waals surface area contributed by atoms with Crippen molar-refractivity contribution in [2.75, 3.05) is 17.2 Å². The molecule has 128 valence electrons. The van der Waals surface area contributed by atoms with Crippen LogP contribution < -0.4 is 10.6 Å². The summed E-state index contributed by atoms with van der Waals surface area (Å²) in [4.78, 5) is 24.0. The molecule has 0 fully saturated rings. The fourth-order valence-electron chi connectivity index (χ4n) is 2.26. The lowest BCUT2D eigenvalue weighted by molar-refractivity contribution is -0.116. The molecular weight excluding hydrogens is 318 g/mol. The largest absolute Gasteiger partial charge is 0.354 e. The third-order valence-electron chi connectivity index (χ3n) is 3.48. The zero-order valence-electron chi connectivity index (χ0n) is 13.7. The minimum atomic E-state index is -0.0141. The average Bonchev–Trinajstić information content (AvgIpc) is 3.14. The van der Waals surface area contributed by atoms with Crippen molar-refractivity contribution < 1.29 is 4.79 Å². The van der Waals surface area contributed by atoms with E-state index in [1.54, 1.807) is 29.5 Å². The number of nitrogens with zero attached hydrogens (tertiary/aromatic N) is 5. The number of rotatable bonds is 8. The van der Waals surface area contributed by atoms with Gasteiger partial charge >= 0.3 is 0 Å². The minimum absolute atomic E-state index is 0.0141. The van der Waals surface area contributed by atoms with Crippen LogP contribution >= 0.6 is 0 Å². The van der Waals surface area contributed by atoms with Gasteiger partial charge in [-0.2, -0.15) is 5.10 Å². The topological polar surface area (TPSA) is 97.6 Å². The van der Waals surface area contributed by atoms with Crippen LogP contribution in [-0.2, 0) is 11.3 Å². The van der Waals surface area contributed by atoms with Gasteiger partial charge in [0.1, 0.15) is 12.7 Å². The third-order valence-corrected chi connectivity index (χ3v) is 3.48. The van der Waals surface area contributed by atoms with Crippen molar-refractivity contribution in [3.63, 3.8) is 0 Å². The van der Waals surface area contributed by atoms with Crippen LogP contribution in [0.15, 0.2) is 55.4 Å². The molecule has 0 atom stereocenters. The number of aromatic nitrogens is 5. The maximum absolute atomic E-state index is 12.0. The van der Waals surface area contributed by atoms with Crippen molar-refractivity contribution >= 4 is 17.5 Å². The van der Waals surface area contributed by atoms with Gasteiger partial charge in [0.2, 0.25) is 11.9 Å². The highest BCUT2D eigenvalue weighted by atomic mass is 16.1. The van der Waals surface area contributed by atoms with Crippen LogP contribution in [0.5, 0.6) is 0 Å². The van der Waals surface area contributed by atoms with Crippen molar-refractivity contribution in [2.45, 2.75) is 19.4 Å².